The van der Waals surface area contributed by atoms with E-state index < -0.39 is 12.6 Å². The van der Waals surface area contributed by atoms with E-state index in [0.717, 1.165) is 0 Å². The highest BCUT2D eigenvalue weighted by Gasteiger charge is 2.20. The molecule has 0 unspecified atom stereocenters. The second-order valence-electron chi connectivity index (χ2n) is 4.10. The van der Waals surface area contributed by atoms with Crippen molar-refractivity contribution in [3.8, 4) is 5.75 Å². The Kier molecular flexibility index (Phi) is 2.78. The summed E-state index contributed by atoms with van der Waals surface area (Å²) in [5.41, 5.74) is 0.397. The molecule has 0 bridgehead atoms. The molecule has 1 heterocycles. The third kappa shape index (κ3) is 1.85. The Balaban J connectivity index is 2.41. The van der Waals surface area contributed by atoms with Gasteiger partial charge in [-0.25, -0.2) is 4.79 Å². The van der Waals surface area contributed by atoms with Crippen molar-refractivity contribution in [3.63, 3.8) is 0 Å². The van der Waals surface area contributed by atoms with E-state index in [1.54, 1.807) is 24.3 Å². The smallest absolute Gasteiger partial charge is 0.387 e. The Hall–Kier alpha value is -2.63. The number of ether oxygens (including phenoxy) is 1. The fraction of sp³-hybridized carbons (Fsp3) is 0.0714. The molecule has 0 atom stereocenters. The van der Waals surface area contributed by atoms with Crippen LogP contribution in [0.1, 0.15) is 10.4 Å². The van der Waals surface area contributed by atoms with Gasteiger partial charge in [-0.2, -0.15) is 8.78 Å². The van der Waals surface area contributed by atoms with E-state index in [-0.39, 0.29) is 22.3 Å². The number of hydrogen-bond acceptors (Lipinski definition) is 3. The van der Waals surface area contributed by atoms with Crippen LogP contribution in [0.4, 0.5) is 8.78 Å². The molecule has 0 aliphatic heterocycles. The van der Waals surface area contributed by atoms with Gasteiger partial charge < -0.3 is 14.3 Å². The first-order chi connectivity index (χ1) is 9.58. The molecule has 0 spiro atoms. The highest BCUT2D eigenvalue weighted by Crippen LogP contribution is 2.37. The van der Waals surface area contributed by atoms with Crippen LogP contribution in [0.25, 0.3) is 21.9 Å². The molecular weight excluding hydrogens is 270 g/mol. The van der Waals surface area contributed by atoms with Crippen molar-refractivity contribution < 1.29 is 27.8 Å². The quantitative estimate of drug-likeness (QED) is 0.789. The maximum absolute atomic E-state index is 12.4. The standard InChI is InChI=1S/C14H8F2O4/c15-14(16)20-10-6-5-8(13(17)18)11-7-3-1-2-4-9(7)19-12(10)11/h1-6,14H,(H,17,18). The number of alkyl halides is 2. The van der Waals surface area contributed by atoms with Gasteiger partial charge in [0.15, 0.2) is 11.3 Å². The molecule has 1 N–H and O–H groups in total. The number of para-hydroxylation sites is 1. The van der Waals surface area contributed by atoms with Crippen molar-refractivity contribution in [2.75, 3.05) is 0 Å². The Morgan fingerprint density at radius 2 is 1.95 bits per heavy atom. The Bertz CT molecular complexity index is 807. The van der Waals surface area contributed by atoms with Crippen molar-refractivity contribution in [1.82, 2.24) is 0 Å². The molecule has 20 heavy (non-hydrogen) atoms. The average molecular weight is 278 g/mol. The second-order valence-corrected chi connectivity index (χ2v) is 4.10. The van der Waals surface area contributed by atoms with E-state index in [1.165, 1.54) is 12.1 Å². The number of halogens is 2. The number of hydrogen-bond donors (Lipinski definition) is 1. The fourth-order valence-corrected chi connectivity index (χ4v) is 2.17. The monoisotopic (exact) mass is 278 g/mol. The van der Waals surface area contributed by atoms with Gasteiger partial charge in [0.05, 0.1) is 5.56 Å². The molecule has 0 saturated heterocycles. The molecule has 0 amide bonds. The average Bonchev–Trinajstić information content (AvgIpc) is 2.78. The first kappa shape index (κ1) is 12.4. The Morgan fingerprint density at radius 1 is 1.20 bits per heavy atom. The van der Waals surface area contributed by atoms with E-state index in [1.807, 2.05) is 0 Å². The summed E-state index contributed by atoms with van der Waals surface area (Å²) in [6.07, 6.45) is 0. The lowest BCUT2D eigenvalue weighted by Crippen LogP contribution is -2.03. The van der Waals surface area contributed by atoms with Gasteiger partial charge in [-0.3, -0.25) is 0 Å². The van der Waals surface area contributed by atoms with E-state index in [4.69, 9.17) is 4.42 Å². The van der Waals surface area contributed by atoms with Crippen LogP contribution < -0.4 is 4.74 Å². The number of fused-ring (bicyclic) bond motifs is 3. The van der Waals surface area contributed by atoms with Gasteiger partial charge in [-0.05, 0) is 18.2 Å². The van der Waals surface area contributed by atoms with Crippen LogP contribution in [0.3, 0.4) is 0 Å². The molecule has 0 fully saturated rings. The van der Waals surface area contributed by atoms with Crippen LogP contribution in [-0.2, 0) is 0 Å². The maximum Gasteiger partial charge on any atom is 0.387 e. The van der Waals surface area contributed by atoms with Crippen LogP contribution in [0.5, 0.6) is 5.75 Å². The SMILES string of the molecule is O=C(O)c1ccc(OC(F)F)c2oc3ccccc3c12. The number of carbonyl (C=O) groups is 1. The molecule has 2 aromatic carbocycles. The van der Waals surface area contributed by atoms with Gasteiger partial charge in [-0.15, -0.1) is 0 Å². The van der Waals surface area contributed by atoms with E-state index in [0.29, 0.717) is 11.0 Å². The lowest BCUT2D eigenvalue weighted by atomic mass is 10.1. The highest BCUT2D eigenvalue weighted by molar-refractivity contribution is 6.16. The van der Waals surface area contributed by atoms with Gasteiger partial charge in [0.25, 0.3) is 0 Å². The second kappa shape index (κ2) is 4.48. The minimum absolute atomic E-state index is 0.00593. The van der Waals surface area contributed by atoms with E-state index in [9.17, 15) is 18.7 Å². The molecule has 0 radical (unpaired) electrons. The molecule has 6 heteroatoms. The summed E-state index contributed by atoms with van der Waals surface area (Å²) >= 11 is 0. The van der Waals surface area contributed by atoms with Gasteiger partial charge in [0.2, 0.25) is 0 Å². The number of carboxylic acid groups (broad SMARTS) is 1. The Labute approximate surface area is 111 Å². The fourth-order valence-electron chi connectivity index (χ4n) is 2.17. The first-order valence-corrected chi connectivity index (χ1v) is 5.70. The molecule has 0 aliphatic carbocycles. The zero-order chi connectivity index (χ0) is 14.3. The molecule has 1 aromatic heterocycles. The summed E-state index contributed by atoms with van der Waals surface area (Å²) < 4.78 is 34.6. The number of furan rings is 1. The first-order valence-electron chi connectivity index (χ1n) is 5.70. The summed E-state index contributed by atoms with van der Waals surface area (Å²) in [6.45, 7) is -3.01. The van der Waals surface area contributed by atoms with Crippen LogP contribution in [0.2, 0.25) is 0 Å². The molecule has 3 aromatic rings. The van der Waals surface area contributed by atoms with Crippen LogP contribution in [-0.4, -0.2) is 17.7 Å². The predicted octanol–water partition coefficient (Wildman–Crippen LogP) is 3.89. The number of aromatic carboxylic acids is 1. The van der Waals surface area contributed by atoms with E-state index >= 15 is 0 Å². The number of benzene rings is 2. The molecule has 0 saturated carbocycles. The molecular formula is C14H8F2O4. The van der Waals surface area contributed by atoms with Crippen molar-refractivity contribution in [3.05, 3.63) is 42.0 Å². The summed E-state index contributed by atoms with van der Waals surface area (Å²) in [5.74, 6) is -1.35. The predicted molar refractivity (Wildman–Crippen MR) is 67.3 cm³/mol. The minimum atomic E-state index is -3.01. The number of rotatable bonds is 3. The molecule has 4 nitrogen and oxygen atoms in total. The topological polar surface area (TPSA) is 59.7 Å². The van der Waals surface area contributed by atoms with Crippen molar-refractivity contribution >= 4 is 27.9 Å². The number of carboxylic acids is 1. The Morgan fingerprint density at radius 3 is 2.65 bits per heavy atom. The largest absolute Gasteiger partial charge is 0.478 e. The molecule has 3 rings (SSSR count). The van der Waals surface area contributed by atoms with Crippen molar-refractivity contribution in [1.29, 1.82) is 0 Å². The summed E-state index contributed by atoms with van der Waals surface area (Å²) in [7, 11) is 0. The van der Waals surface area contributed by atoms with Crippen molar-refractivity contribution in [2.24, 2.45) is 0 Å². The summed E-state index contributed by atoms with van der Waals surface area (Å²) in [6, 6.07) is 9.11. The summed E-state index contributed by atoms with van der Waals surface area (Å²) in [4.78, 5) is 11.3. The van der Waals surface area contributed by atoms with Gasteiger partial charge in [0.1, 0.15) is 5.58 Å². The van der Waals surface area contributed by atoms with Gasteiger partial charge >= 0.3 is 12.6 Å². The van der Waals surface area contributed by atoms with Crippen LogP contribution in [0.15, 0.2) is 40.8 Å². The van der Waals surface area contributed by atoms with Gasteiger partial charge in [0, 0.05) is 10.8 Å². The normalized spacial score (nSPS) is 11.3. The zero-order valence-electron chi connectivity index (χ0n) is 9.97. The maximum atomic E-state index is 12.4. The lowest BCUT2D eigenvalue weighted by molar-refractivity contribution is -0.0493. The van der Waals surface area contributed by atoms with Crippen LogP contribution in [0, 0.1) is 0 Å². The molecule has 102 valence electrons. The lowest BCUT2D eigenvalue weighted by Gasteiger charge is -2.06. The van der Waals surface area contributed by atoms with Crippen molar-refractivity contribution in [2.45, 2.75) is 6.61 Å². The van der Waals surface area contributed by atoms with E-state index in [2.05, 4.69) is 4.74 Å². The van der Waals surface area contributed by atoms with Crippen LogP contribution >= 0.6 is 0 Å². The van der Waals surface area contributed by atoms with Gasteiger partial charge in [-0.1, -0.05) is 18.2 Å². The third-order valence-corrected chi connectivity index (χ3v) is 2.94. The summed E-state index contributed by atoms with van der Waals surface area (Å²) in [5, 5.41) is 10.00. The molecule has 0 aliphatic rings. The third-order valence-electron chi connectivity index (χ3n) is 2.94. The highest BCUT2D eigenvalue weighted by atomic mass is 19.3. The minimum Gasteiger partial charge on any atom is -0.478 e. The zero-order valence-corrected chi connectivity index (χ0v) is 9.97.